The molecule has 0 spiro atoms. The number of anilines is 1. The van der Waals surface area contributed by atoms with Crippen LogP contribution in [0.25, 0.3) is 0 Å². The van der Waals surface area contributed by atoms with Gasteiger partial charge < -0.3 is 5.11 Å². The molecule has 1 saturated heterocycles. The van der Waals surface area contributed by atoms with Crippen molar-refractivity contribution in [2.24, 2.45) is 0 Å². The van der Waals surface area contributed by atoms with Gasteiger partial charge in [0.2, 0.25) is 11.0 Å². The average Bonchev–Trinajstić information content (AvgIpc) is 2.71. The number of aliphatic hydroxyl groups is 1. The van der Waals surface area contributed by atoms with Crippen LogP contribution in [0.1, 0.15) is 32.0 Å². The van der Waals surface area contributed by atoms with Gasteiger partial charge in [0.05, 0.1) is 19.1 Å². The molecule has 5 nitrogen and oxygen atoms in total. The molecular formula is C9H13N3O2S. The molecule has 0 aromatic carbocycles. The quantitative estimate of drug-likeness (QED) is 0.810. The third kappa shape index (κ3) is 2.00. The number of carbonyl (C=O) groups excluding carboxylic acids is 1. The molecule has 82 valence electrons. The summed E-state index contributed by atoms with van der Waals surface area (Å²) >= 11 is 1.21. The van der Waals surface area contributed by atoms with Crippen molar-refractivity contribution in [1.29, 1.82) is 0 Å². The van der Waals surface area contributed by atoms with Gasteiger partial charge in [-0.3, -0.25) is 9.69 Å². The van der Waals surface area contributed by atoms with E-state index in [4.69, 9.17) is 0 Å². The van der Waals surface area contributed by atoms with Crippen LogP contribution in [-0.2, 0) is 4.79 Å². The zero-order chi connectivity index (χ0) is 11.0. The number of aliphatic hydroxyl groups excluding tert-OH is 1. The number of amides is 1. The monoisotopic (exact) mass is 227 g/mol. The number of nitrogens with zero attached hydrogens (tertiary/aromatic N) is 3. The van der Waals surface area contributed by atoms with Crippen LogP contribution in [0.15, 0.2) is 0 Å². The van der Waals surface area contributed by atoms with Gasteiger partial charge in [-0.15, -0.1) is 0 Å². The Hall–Kier alpha value is -1.01. The second-order valence-corrected chi connectivity index (χ2v) is 4.68. The Kier molecular flexibility index (Phi) is 2.70. The van der Waals surface area contributed by atoms with Crippen molar-refractivity contribution in [2.75, 3.05) is 11.4 Å². The lowest BCUT2D eigenvalue weighted by Crippen LogP contribution is -2.25. The van der Waals surface area contributed by atoms with Gasteiger partial charge in [0.25, 0.3) is 0 Å². The fourth-order valence-corrected chi connectivity index (χ4v) is 2.28. The zero-order valence-corrected chi connectivity index (χ0v) is 9.49. The van der Waals surface area contributed by atoms with Gasteiger partial charge in [-0.2, -0.15) is 4.37 Å². The maximum absolute atomic E-state index is 11.5. The first-order chi connectivity index (χ1) is 7.08. The van der Waals surface area contributed by atoms with Crippen LogP contribution in [0.4, 0.5) is 5.13 Å². The van der Waals surface area contributed by atoms with E-state index in [2.05, 4.69) is 9.36 Å². The lowest BCUT2D eigenvalue weighted by molar-refractivity contribution is -0.117. The number of rotatable bonds is 2. The summed E-state index contributed by atoms with van der Waals surface area (Å²) in [4.78, 5) is 17.3. The van der Waals surface area contributed by atoms with Crippen molar-refractivity contribution in [3.05, 3.63) is 5.82 Å². The molecule has 1 aliphatic rings. The molecule has 2 rings (SSSR count). The number of aromatic nitrogens is 2. The first-order valence-electron chi connectivity index (χ1n) is 4.90. The van der Waals surface area contributed by atoms with Gasteiger partial charge >= 0.3 is 0 Å². The fraction of sp³-hybridized carbons (Fsp3) is 0.667. The molecule has 0 aliphatic carbocycles. The lowest BCUT2D eigenvalue weighted by Gasteiger charge is -2.09. The van der Waals surface area contributed by atoms with Crippen molar-refractivity contribution in [3.8, 4) is 0 Å². The summed E-state index contributed by atoms with van der Waals surface area (Å²) in [7, 11) is 0. The minimum Gasteiger partial charge on any atom is -0.391 e. The van der Waals surface area contributed by atoms with Crippen LogP contribution in [0.5, 0.6) is 0 Å². The summed E-state index contributed by atoms with van der Waals surface area (Å²) in [5.41, 5.74) is 0. The molecule has 1 aromatic rings. The Morgan fingerprint density at radius 1 is 1.60 bits per heavy atom. The molecule has 1 amide bonds. The van der Waals surface area contributed by atoms with E-state index in [0.717, 1.165) is 5.82 Å². The standard InChI is InChI=1S/C9H13N3O2S/c1-5(2)8-10-9(15-11-8)12-4-6(13)3-7(12)14/h5-6,13H,3-4H2,1-2H3. The van der Waals surface area contributed by atoms with Crippen molar-refractivity contribution in [2.45, 2.75) is 32.3 Å². The maximum atomic E-state index is 11.5. The molecule has 1 atom stereocenters. The Morgan fingerprint density at radius 3 is 2.80 bits per heavy atom. The van der Waals surface area contributed by atoms with Crippen molar-refractivity contribution in [3.63, 3.8) is 0 Å². The highest BCUT2D eigenvalue weighted by Crippen LogP contribution is 2.25. The number of hydrogen-bond donors (Lipinski definition) is 1. The van der Waals surface area contributed by atoms with E-state index >= 15 is 0 Å². The molecular weight excluding hydrogens is 214 g/mol. The average molecular weight is 227 g/mol. The van der Waals surface area contributed by atoms with Gasteiger partial charge in [0.15, 0.2) is 0 Å². The van der Waals surface area contributed by atoms with Gasteiger partial charge in [-0.1, -0.05) is 13.8 Å². The third-order valence-corrected chi connectivity index (χ3v) is 3.04. The second-order valence-electron chi connectivity index (χ2n) is 3.95. The van der Waals surface area contributed by atoms with E-state index < -0.39 is 6.10 Å². The van der Waals surface area contributed by atoms with E-state index in [9.17, 15) is 9.90 Å². The summed E-state index contributed by atoms with van der Waals surface area (Å²) in [6, 6.07) is 0. The molecule has 0 bridgehead atoms. The predicted octanol–water partition coefficient (Wildman–Crippen LogP) is 0.759. The smallest absolute Gasteiger partial charge is 0.231 e. The van der Waals surface area contributed by atoms with Gasteiger partial charge in [-0.25, -0.2) is 4.98 Å². The number of carbonyl (C=O) groups is 1. The molecule has 0 saturated carbocycles. The summed E-state index contributed by atoms with van der Waals surface area (Å²) in [5.74, 6) is 0.941. The molecule has 2 heterocycles. The third-order valence-electron chi connectivity index (χ3n) is 2.28. The van der Waals surface area contributed by atoms with Crippen LogP contribution in [0.2, 0.25) is 0 Å². The van der Waals surface area contributed by atoms with Crippen LogP contribution in [-0.4, -0.2) is 33.0 Å². The van der Waals surface area contributed by atoms with Crippen LogP contribution < -0.4 is 4.90 Å². The van der Waals surface area contributed by atoms with Crippen molar-refractivity contribution in [1.82, 2.24) is 9.36 Å². The van der Waals surface area contributed by atoms with E-state index in [1.807, 2.05) is 13.8 Å². The first kappa shape index (κ1) is 10.5. The highest BCUT2D eigenvalue weighted by atomic mass is 32.1. The molecule has 1 fully saturated rings. The molecule has 1 aliphatic heterocycles. The first-order valence-corrected chi connectivity index (χ1v) is 5.67. The van der Waals surface area contributed by atoms with E-state index in [0.29, 0.717) is 11.7 Å². The molecule has 1 aromatic heterocycles. The molecule has 15 heavy (non-hydrogen) atoms. The van der Waals surface area contributed by atoms with Crippen LogP contribution >= 0.6 is 11.5 Å². The van der Waals surface area contributed by atoms with E-state index in [-0.39, 0.29) is 18.2 Å². The molecule has 0 radical (unpaired) electrons. The summed E-state index contributed by atoms with van der Waals surface area (Å²) in [6.07, 6.45) is -0.375. The minimum atomic E-state index is -0.566. The highest BCUT2D eigenvalue weighted by molar-refractivity contribution is 7.09. The maximum Gasteiger partial charge on any atom is 0.231 e. The van der Waals surface area contributed by atoms with E-state index in [1.54, 1.807) is 0 Å². The molecule has 6 heteroatoms. The Balaban J connectivity index is 2.19. The minimum absolute atomic E-state index is 0.0750. The van der Waals surface area contributed by atoms with Gasteiger partial charge in [0, 0.05) is 17.5 Å². The predicted molar refractivity (Wildman–Crippen MR) is 57.0 cm³/mol. The topological polar surface area (TPSA) is 66.3 Å². The van der Waals surface area contributed by atoms with Gasteiger partial charge in [-0.05, 0) is 0 Å². The fourth-order valence-electron chi connectivity index (χ4n) is 1.44. The van der Waals surface area contributed by atoms with Gasteiger partial charge in [0.1, 0.15) is 5.82 Å². The summed E-state index contributed by atoms with van der Waals surface area (Å²) < 4.78 is 4.17. The zero-order valence-electron chi connectivity index (χ0n) is 8.67. The Bertz CT molecular complexity index is 377. The molecule has 1 unspecified atom stereocenters. The van der Waals surface area contributed by atoms with Crippen LogP contribution in [0.3, 0.4) is 0 Å². The Morgan fingerprint density at radius 2 is 2.33 bits per heavy atom. The Labute approximate surface area is 91.9 Å². The highest BCUT2D eigenvalue weighted by Gasteiger charge is 2.31. The second kappa shape index (κ2) is 3.86. The molecule has 1 N–H and O–H groups in total. The number of β-amino-alcohol motifs (C(OH)–C–C–N with tert-alkyl or cyclic N) is 1. The SMILES string of the molecule is CC(C)c1nsc(N2CC(O)CC2=O)n1. The summed E-state index contributed by atoms with van der Waals surface area (Å²) in [6.45, 7) is 4.35. The largest absolute Gasteiger partial charge is 0.391 e. The normalized spacial score (nSPS) is 21.7. The van der Waals surface area contributed by atoms with Crippen molar-refractivity contribution < 1.29 is 9.90 Å². The van der Waals surface area contributed by atoms with E-state index in [1.165, 1.54) is 16.4 Å². The summed E-state index contributed by atoms with van der Waals surface area (Å²) in [5, 5.41) is 9.94. The van der Waals surface area contributed by atoms with Crippen molar-refractivity contribution >= 4 is 22.6 Å². The lowest BCUT2D eigenvalue weighted by atomic mass is 10.2. The van der Waals surface area contributed by atoms with Crippen LogP contribution in [0, 0.1) is 0 Å². The number of hydrogen-bond acceptors (Lipinski definition) is 5.